The molecule has 0 bridgehead atoms. The second kappa shape index (κ2) is 8.43. The van der Waals surface area contributed by atoms with Crippen LogP contribution >= 0.6 is 0 Å². The van der Waals surface area contributed by atoms with Gasteiger partial charge in [-0.1, -0.05) is 44.2 Å². The van der Waals surface area contributed by atoms with Crippen LogP contribution in [0, 0.1) is 17.8 Å². The Hall–Kier alpha value is -4.63. The molecular weight excluding hydrogens is 508 g/mol. The first-order valence-corrected chi connectivity index (χ1v) is 13.3. The quantitative estimate of drug-likeness (QED) is 0.244. The fraction of sp³-hybridized carbons (Fsp3) is 0.258. The molecule has 3 aliphatic rings. The largest absolute Gasteiger partial charge is 0.427 e. The van der Waals surface area contributed by atoms with E-state index in [1.54, 1.807) is 47.0 Å². The normalized spacial score (nSPS) is 24.6. The van der Waals surface area contributed by atoms with E-state index in [0.717, 1.165) is 5.56 Å². The Bertz CT molecular complexity index is 1810. The number of carbonyl (C=O) groups is 3. The second-order valence-electron chi connectivity index (χ2n) is 10.9. The number of fused-ring (bicyclic) bond motifs is 8. The molecule has 7 rings (SSSR count). The molecule has 1 N–H and O–H groups in total. The molecule has 0 radical (unpaired) electrons. The molecule has 2 amide bonds. The SMILES string of the molecule is CC(=O)Oc1ccc(N2C(=O)[C@H]3[C@@H](C(C)C)N[C@@]4(c5ccccc5-n5c4nc4ccccc4c5=O)[C@H]3C2=O)cc1. The number of hydrogen-bond acceptors (Lipinski definition) is 7. The van der Waals surface area contributed by atoms with Gasteiger partial charge in [0, 0.05) is 18.5 Å². The summed E-state index contributed by atoms with van der Waals surface area (Å²) in [6.45, 7) is 5.34. The van der Waals surface area contributed by atoms with Crippen molar-refractivity contribution in [1.82, 2.24) is 14.9 Å². The molecule has 2 saturated heterocycles. The fourth-order valence-corrected chi connectivity index (χ4v) is 6.81. The van der Waals surface area contributed by atoms with E-state index in [9.17, 15) is 19.2 Å². The summed E-state index contributed by atoms with van der Waals surface area (Å²) in [7, 11) is 0. The first kappa shape index (κ1) is 24.4. The van der Waals surface area contributed by atoms with Crippen LogP contribution in [-0.4, -0.2) is 33.4 Å². The lowest BCUT2D eigenvalue weighted by atomic mass is 9.75. The van der Waals surface area contributed by atoms with Crippen molar-refractivity contribution in [1.29, 1.82) is 0 Å². The van der Waals surface area contributed by atoms with Crippen molar-refractivity contribution >= 4 is 34.4 Å². The Kier molecular flexibility index (Phi) is 5.15. The number of hydrogen-bond donors (Lipinski definition) is 1. The van der Waals surface area contributed by atoms with Gasteiger partial charge in [0.1, 0.15) is 17.1 Å². The van der Waals surface area contributed by atoms with E-state index in [2.05, 4.69) is 5.32 Å². The highest BCUT2D eigenvalue weighted by atomic mass is 16.5. The van der Waals surface area contributed by atoms with Crippen molar-refractivity contribution < 1.29 is 19.1 Å². The van der Waals surface area contributed by atoms with Gasteiger partial charge in [-0.25, -0.2) is 9.88 Å². The van der Waals surface area contributed by atoms with E-state index in [0.29, 0.717) is 33.9 Å². The van der Waals surface area contributed by atoms with Crippen LogP contribution in [0.1, 0.15) is 32.2 Å². The second-order valence-corrected chi connectivity index (χ2v) is 10.9. The maximum absolute atomic E-state index is 14.4. The first-order valence-electron chi connectivity index (χ1n) is 13.3. The number of nitrogens with one attached hydrogen (secondary N) is 1. The Morgan fingerprint density at radius 2 is 1.65 bits per heavy atom. The predicted molar refractivity (Wildman–Crippen MR) is 147 cm³/mol. The highest BCUT2D eigenvalue weighted by Crippen LogP contribution is 2.56. The molecule has 4 aromatic rings. The summed E-state index contributed by atoms with van der Waals surface area (Å²) in [6.07, 6.45) is 0. The number of benzene rings is 3. The van der Waals surface area contributed by atoms with Crippen molar-refractivity contribution in [3.63, 3.8) is 0 Å². The predicted octanol–water partition coefficient (Wildman–Crippen LogP) is 3.30. The molecule has 9 nitrogen and oxygen atoms in total. The molecule has 200 valence electrons. The molecule has 2 fully saturated rings. The summed E-state index contributed by atoms with van der Waals surface area (Å²) in [5, 5.41) is 4.17. The average Bonchev–Trinajstić information content (AvgIpc) is 3.53. The van der Waals surface area contributed by atoms with Crippen LogP contribution in [0.25, 0.3) is 16.6 Å². The van der Waals surface area contributed by atoms with Crippen LogP contribution in [0.3, 0.4) is 0 Å². The third-order valence-corrected chi connectivity index (χ3v) is 8.37. The monoisotopic (exact) mass is 534 g/mol. The zero-order valence-electron chi connectivity index (χ0n) is 22.1. The van der Waals surface area contributed by atoms with Crippen LogP contribution in [0.4, 0.5) is 5.69 Å². The number of rotatable bonds is 3. The van der Waals surface area contributed by atoms with Crippen molar-refractivity contribution in [3.8, 4) is 11.4 Å². The third kappa shape index (κ3) is 3.09. The topological polar surface area (TPSA) is 111 Å². The Morgan fingerprint density at radius 3 is 2.38 bits per heavy atom. The van der Waals surface area contributed by atoms with Gasteiger partial charge in [-0.15, -0.1) is 0 Å². The van der Waals surface area contributed by atoms with Crippen LogP contribution in [0.5, 0.6) is 5.75 Å². The van der Waals surface area contributed by atoms with Gasteiger partial charge in [0.15, 0.2) is 0 Å². The third-order valence-electron chi connectivity index (χ3n) is 8.37. The number of anilines is 1. The number of imide groups is 1. The molecule has 40 heavy (non-hydrogen) atoms. The van der Waals surface area contributed by atoms with Gasteiger partial charge in [0.2, 0.25) is 11.8 Å². The van der Waals surface area contributed by atoms with Gasteiger partial charge in [-0.3, -0.25) is 29.1 Å². The van der Waals surface area contributed by atoms with Crippen LogP contribution in [0.15, 0.2) is 77.6 Å². The summed E-state index contributed by atoms with van der Waals surface area (Å²) in [6, 6.07) is 20.7. The summed E-state index contributed by atoms with van der Waals surface area (Å²) in [5.74, 6) is -1.90. The molecule has 9 heteroatoms. The molecule has 4 heterocycles. The Balaban J connectivity index is 1.45. The van der Waals surface area contributed by atoms with Crippen molar-refractivity contribution in [2.75, 3.05) is 4.90 Å². The average molecular weight is 535 g/mol. The molecule has 0 unspecified atom stereocenters. The maximum atomic E-state index is 14.4. The highest BCUT2D eigenvalue weighted by Gasteiger charge is 2.70. The van der Waals surface area contributed by atoms with E-state index < -0.39 is 23.3 Å². The molecular formula is C31H26N4O5. The maximum Gasteiger partial charge on any atom is 0.308 e. The Morgan fingerprint density at radius 1 is 0.950 bits per heavy atom. The van der Waals surface area contributed by atoms with E-state index in [4.69, 9.17) is 9.72 Å². The lowest BCUT2D eigenvalue weighted by Crippen LogP contribution is -2.51. The Labute approximate surface area is 229 Å². The minimum Gasteiger partial charge on any atom is -0.427 e. The number of nitrogens with zero attached hydrogens (tertiary/aromatic N) is 3. The van der Waals surface area contributed by atoms with Gasteiger partial charge in [-0.2, -0.15) is 0 Å². The lowest BCUT2D eigenvalue weighted by Gasteiger charge is -2.32. The van der Waals surface area contributed by atoms with Gasteiger partial charge in [0.05, 0.1) is 34.1 Å². The number of aromatic nitrogens is 2. The van der Waals surface area contributed by atoms with E-state index in [1.165, 1.54) is 11.8 Å². The molecule has 3 aromatic carbocycles. The minimum absolute atomic E-state index is 0.00306. The van der Waals surface area contributed by atoms with Crippen molar-refractivity contribution in [2.45, 2.75) is 32.4 Å². The zero-order valence-corrected chi connectivity index (χ0v) is 22.1. The van der Waals surface area contributed by atoms with E-state index in [-0.39, 0.29) is 29.3 Å². The first-order chi connectivity index (χ1) is 19.2. The fourth-order valence-electron chi connectivity index (χ4n) is 6.81. The minimum atomic E-state index is -1.18. The number of carbonyl (C=O) groups excluding carboxylic acids is 3. The molecule has 1 aromatic heterocycles. The van der Waals surface area contributed by atoms with Crippen LogP contribution in [-0.2, 0) is 19.9 Å². The van der Waals surface area contributed by atoms with Crippen molar-refractivity contribution in [2.24, 2.45) is 17.8 Å². The summed E-state index contributed by atoms with van der Waals surface area (Å²) < 4.78 is 6.73. The van der Waals surface area contributed by atoms with Crippen LogP contribution < -0.4 is 20.5 Å². The molecule has 1 spiro atoms. The van der Waals surface area contributed by atoms with E-state index in [1.807, 2.05) is 44.2 Å². The van der Waals surface area contributed by atoms with Gasteiger partial charge >= 0.3 is 5.97 Å². The number of esters is 1. The standard InChI is InChI=1S/C31H26N4O5/c1-16(2)26-24-25(29(39)34(28(24)38)18-12-14-19(15-13-18)40-17(3)36)31(33-26)21-9-5-7-11-23(21)35-27(37)20-8-4-6-10-22(20)32-30(31)35/h4-16,24-26,33H,1-3H3/t24-,25-,26-,31+/m1/s1. The highest BCUT2D eigenvalue weighted by molar-refractivity contribution is 6.23. The van der Waals surface area contributed by atoms with E-state index >= 15 is 0 Å². The molecule has 0 aliphatic carbocycles. The zero-order chi connectivity index (χ0) is 27.9. The molecule has 3 aliphatic heterocycles. The van der Waals surface area contributed by atoms with Gasteiger partial charge in [-0.05, 0) is 48.4 Å². The van der Waals surface area contributed by atoms with Gasteiger partial charge in [0.25, 0.3) is 5.56 Å². The molecule has 4 atom stereocenters. The summed E-state index contributed by atoms with van der Waals surface area (Å²) in [4.78, 5) is 60.0. The molecule has 0 saturated carbocycles. The lowest BCUT2D eigenvalue weighted by molar-refractivity contribution is -0.132. The number of ether oxygens (including phenoxy) is 1. The smallest absolute Gasteiger partial charge is 0.308 e. The number of para-hydroxylation sites is 2. The summed E-state index contributed by atoms with van der Waals surface area (Å²) in [5.41, 5.74) is 0.937. The van der Waals surface area contributed by atoms with Crippen LogP contribution in [0.2, 0.25) is 0 Å². The van der Waals surface area contributed by atoms with Gasteiger partial charge < -0.3 is 4.74 Å². The van der Waals surface area contributed by atoms with Crippen molar-refractivity contribution in [3.05, 3.63) is 94.5 Å². The number of amides is 2. The summed E-state index contributed by atoms with van der Waals surface area (Å²) >= 11 is 0.